The summed E-state index contributed by atoms with van der Waals surface area (Å²) < 4.78 is 12.7. The maximum absolute atomic E-state index is 12.7. The Morgan fingerprint density at radius 3 is 2.70 bits per heavy atom. The molecule has 1 aromatic carbocycles. The quantitative estimate of drug-likeness (QED) is 0.899. The SMILES string of the molecule is CCNc1ccc(C(=O)Nc2ccc(F)cn2)c(C)c1. The van der Waals surface area contributed by atoms with Gasteiger partial charge in [0, 0.05) is 17.8 Å². The van der Waals surface area contributed by atoms with Gasteiger partial charge >= 0.3 is 0 Å². The van der Waals surface area contributed by atoms with Gasteiger partial charge in [0.05, 0.1) is 6.20 Å². The van der Waals surface area contributed by atoms with Crippen LogP contribution in [0, 0.1) is 12.7 Å². The molecule has 2 rings (SSSR count). The largest absolute Gasteiger partial charge is 0.385 e. The molecule has 0 bridgehead atoms. The number of aryl methyl sites for hydroxylation is 1. The standard InChI is InChI=1S/C15H16FN3O/c1-3-17-12-5-6-13(10(2)8-12)15(20)19-14-7-4-11(16)9-18-14/h4-9,17H,3H2,1-2H3,(H,18,19,20). The summed E-state index contributed by atoms with van der Waals surface area (Å²) >= 11 is 0. The van der Waals surface area contributed by atoms with E-state index in [1.54, 1.807) is 6.07 Å². The summed E-state index contributed by atoms with van der Waals surface area (Å²) in [6.45, 7) is 4.70. The number of hydrogen-bond donors (Lipinski definition) is 2. The fourth-order valence-electron chi connectivity index (χ4n) is 1.87. The molecule has 0 atom stereocenters. The predicted molar refractivity (Wildman–Crippen MR) is 77.5 cm³/mol. The molecule has 1 amide bonds. The van der Waals surface area contributed by atoms with Crippen LogP contribution in [-0.2, 0) is 0 Å². The summed E-state index contributed by atoms with van der Waals surface area (Å²) in [5, 5.41) is 5.83. The van der Waals surface area contributed by atoms with Crippen molar-refractivity contribution < 1.29 is 9.18 Å². The zero-order chi connectivity index (χ0) is 14.5. The summed E-state index contributed by atoms with van der Waals surface area (Å²) in [7, 11) is 0. The minimum atomic E-state index is -0.436. The number of rotatable bonds is 4. The van der Waals surface area contributed by atoms with E-state index in [0.29, 0.717) is 11.4 Å². The third-order valence-corrected chi connectivity index (χ3v) is 2.82. The molecule has 0 fully saturated rings. The first kappa shape index (κ1) is 14.0. The van der Waals surface area contributed by atoms with Gasteiger partial charge in [-0.2, -0.15) is 0 Å². The van der Waals surface area contributed by atoms with E-state index in [4.69, 9.17) is 0 Å². The molecule has 0 aliphatic carbocycles. The monoisotopic (exact) mass is 273 g/mol. The van der Waals surface area contributed by atoms with Crippen LogP contribution in [0.4, 0.5) is 15.9 Å². The summed E-state index contributed by atoms with van der Waals surface area (Å²) in [4.78, 5) is 15.9. The van der Waals surface area contributed by atoms with Crippen molar-refractivity contribution in [2.45, 2.75) is 13.8 Å². The van der Waals surface area contributed by atoms with E-state index >= 15 is 0 Å². The Labute approximate surface area is 117 Å². The Kier molecular flexibility index (Phi) is 4.30. The van der Waals surface area contributed by atoms with Crippen LogP contribution in [0.15, 0.2) is 36.5 Å². The first-order valence-electron chi connectivity index (χ1n) is 6.37. The molecule has 4 nitrogen and oxygen atoms in total. The van der Waals surface area contributed by atoms with E-state index in [2.05, 4.69) is 15.6 Å². The number of amides is 1. The first-order valence-corrected chi connectivity index (χ1v) is 6.37. The van der Waals surface area contributed by atoms with E-state index in [9.17, 15) is 9.18 Å². The minimum absolute atomic E-state index is 0.260. The number of nitrogens with one attached hydrogen (secondary N) is 2. The number of nitrogens with zero attached hydrogens (tertiary/aromatic N) is 1. The third-order valence-electron chi connectivity index (χ3n) is 2.82. The molecule has 0 spiro atoms. The maximum Gasteiger partial charge on any atom is 0.257 e. The fourth-order valence-corrected chi connectivity index (χ4v) is 1.87. The van der Waals surface area contributed by atoms with Crippen molar-refractivity contribution in [1.29, 1.82) is 0 Å². The Hall–Kier alpha value is -2.43. The average Bonchev–Trinajstić information content (AvgIpc) is 2.42. The van der Waals surface area contributed by atoms with Gasteiger partial charge in [-0.25, -0.2) is 9.37 Å². The van der Waals surface area contributed by atoms with Gasteiger partial charge in [-0.1, -0.05) is 0 Å². The van der Waals surface area contributed by atoms with Crippen molar-refractivity contribution in [1.82, 2.24) is 4.98 Å². The molecule has 1 heterocycles. The Morgan fingerprint density at radius 1 is 1.30 bits per heavy atom. The van der Waals surface area contributed by atoms with E-state index in [1.165, 1.54) is 12.1 Å². The molecule has 0 aliphatic rings. The first-order chi connectivity index (χ1) is 9.60. The molecular weight excluding hydrogens is 257 g/mol. The fraction of sp³-hybridized carbons (Fsp3) is 0.200. The van der Waals surface area contributed by atoms with E-state index in [0.717, 1.165) is 24.0 Å². The number of aromatic nitrogens is 1. The molecular formula is C15H16FN3O. The second-order valence-corrected chi connectivity index (χ2v) is 4.38. The summed E-state index contributed by atoms with van der Waals surface area (Å²) in [5.74, 6) is -0.370. The Morgan fingerprint density at radius 2 is 2.10 bits per heavy atom. The normalized spacial score (nSPS) is 10.2. The lowest BCUT2D eigenvalue weighted by molar-refractivity contribution is 0.102. The smallest absolute Gasteiger partial charge is 0.257 e. The van der Waals surface area contributed by atoms with Crippen molar-refractivity contribution in [3.05, 3.63) is 53.5 Å². The lowest BCUT2D eigenvalue weighted by atomic mass is 10.1. The summed E-state index contributed by atoms with van der Waals surface area (Å²) in [6, 6.07) is 8.20. The van der Waals surface area contributed by atoms with Crippen molar-refractivity contribution in [3.63, 3.8) is 0 Å². The van der Waals surface area contributed by atoms with Gasteiger partial charge in [0.15, 0.2) is 0 Å². The molecule has 5 heteroatoms. The molecule has 0 unspecified atom stereocenters. The second-order valence-electron chi connectivity index (χ2n) is 4.38. The van der Waals surface area contributed by atoms with Crippen LogP contribution in [0.1, 0.15) is 22.8 Å². The number of halogens is 1. The topological polar surface area (TPSA) is 54.0 Å². The van der Waals surface area contributed by atoms with Crippen LogP contribution in [0.2, 0.25) is 0 Å². The van der Waals surface area contributed by atoms with Gasteiger partial charge in [-0.15, -0.1) is 0 Å². The van der Waals surface area contributed by atoms with Gasteiger partial charge < -0.3 is 10.6 Å². The molecule has 20 heavy (non-hydrogen) atoms. The van der Waals surface area contributed by atoms with Crippen molar-refractivity contribution in [3.8, 4) is 0 Å². The number of anilines is 2. The van der Waals surface area contributed by atoms with Gasteiger partial charge in [0.1, 0.15) is 11.6 Å². The maximum atomic E-state index is 12.7. The van der Waals surface area contributed by atoms with Gasteiger partial charge in [0.25, 0.3) is 5.91 Å². The highest BCUT2D eigenvalue weighted by Crippen LogP contribution is 2.16. The Bertz CT molecular complexity index is 611. The molecule has 0 aliphatic heterocycles. The second kappa shape index (κ2) is 6.14. The van der Waals surface area contributed by atoms with E-state index in [1.807, 2.05) is 26.0 Å². The lowest BCUT2D eigenvalue weighted by Gasteiger charge is -2.09. The molecule has 2 aromatic rings. The molecule has 104 valence electrons. The highest BCUT2D eigenvalue weighted by Gasteiger charge is 2.10. The highest BCUT2D eigenvalue weighted by atomic mass is 19.1. The van der Waals surface area contributed by atoms with Gasteiger partial charge in [-0.3, -0.25) is 4.79 Å². The Balaban J connectivity index is 2.14. The van der Waals surface area contributed by atoms with Crippen molar-refractivity contribution in [2.75, 3.05) is 17.2 Å². The van der Waals surface area contributed by atoms with Gasteiger partial charge in [-0.05, 0) is 49.7 Å². The number of carbonyl (C=O) groups is 1. The molecule has 0 saturated carbocycles. The van der Waals surface area contributed by atoms with Crippen LogP contribution in [-0.4, -0.2) is 17.4 Å². The zero-order valence-electron chi connectivity index (χ0n) is 11.4. The molecule has 0 radical (unpaired) electrons. The number of carbonyl (C=O) groups excluding carboxylic acids is 1. The van der Waals surface area contributed by atoms with Crippen LogP contribution in [0.25, 0.3) is 0 Å². The molecule has 0 saturated heterocycles. The van der Waals surface area contributed by atoms with Crippen LogP contribution in [0.5, 0.6) is 0 Å². The number of hydrogen-bond acceptors (Lipinski definition) is 3. The molecule has 2 N–H and O–H groups in total. The van der Waals surface area contributed by atoms with Crippen LogP contribution in [0.3, 0.4) is 0 Å². The van der Waals surface area contributed by atoms with E-state index < -0.39 is 5.82 Å². The molecule has 1 aromatic heterocycles. The number of pyridine rings is 1. The van der Waals surface area contributed by atoms with E-state index in [-0.39, 0.29) is 5.91 Å². The lowest BCUT2D eigenvalue weighted by Crippen LogP contribution is -2.14. The summed E-state index contributed by atoms with van der Waals surface area (Å²) in [5.41, 5.74) is 2.40. The van der Waals surface area contributed by atoms with Crippen molar-refractivity contribution in [2.24, 2.45) is 0 Å². The van der Waals surface area contributed by atoms with Gasteiger partial charge in [0.2, 0.25) is 0 Å². The predicted octanol–water partition coefficient (Wildman–Crippen LogP) is 3.21. The van der Waals surface area contributed by atoms with Crippen molar-refractivity contribution >= 4 is 17.4 Å². The highest BCUT2D eigenvalue weighted by molar-refractivity contribution is 6.05. The third kappa shape index (κ3) is 3.32. The summed E-state index contributed by atoms with van der Waals surface area (Å²) in [6.07, 6.45) is 1.07. The average molecular weight is 273 g/mol. The zero-order valence-corrected chi connectivity index (χ0v) is 11.4. The number of benzene rings is 1. The minimum Gasteiger partial charge on any atom is -0.385 e. The van der Waals surface area contributed by atoms with Crippen LogP contribution >= 0.6 is 0 Å². The van der Waals surface area contributed by atoms with Crippen LogP contribution < -0.4 is 10.6 Å².